The number of nitrogens with zero attached hydrogens (tertiary/aromatic N) is 6. The molecule has 0 saturated carbocycles. The monoisotopic (exact) mass is 574 g/mol. The SMILES string of the molecule is Cc1c(/C=C2\SC(=S)N(c3c(C)n(C)n(-c4ccccc4)c3=O)C2=O)c(N2CCCC(C)C2)n(C)c(=O)c1C#N. The van der Waals surface area contributed by atoms with Crippen LogP contribution in [0.15, 0.2) is 44.8 Å². The Hall–Kier alpha value is -3.88. The van der Waals surface area contributed by atoms with Crippen molar-refractivity contribution in [2.45, 2.75) is 33.6 Å². The molecule has 1 unspecified atom stereocenters. The van der Waals surface area contributed by atoms with Crippen molar-refractivity contribution in [1.82, 2.24) is 13.9 Å². The minimum Gasteiger partial charge on any atom is -0.357 e. The van der Waals surface area contributed by atoms with E-state index in [1.807, 2.05) is 36.4 Å². The van der Waals surface area contributed by atoms with E-state index in [1.165, 1.54) is 14.1 Å². The number of aromatic nitrogens is 3. The molecule has 9 nitrogen and oxygen atoms in total. The summed E-state index contributed by atoms with van der Waals surface area (Å²) in [6, 6.07) is 11.3. The molecule has 0 bridgehead atoms. The molecule has 2 fully saturated rings. The Bertz CT molecular complexity index is 1740. The largest absolute Gasteiger partial charge is 0.357 e. The molecule has 4 heterocycles. The van der Waals surface area contributed by atoms with Gasteiger partial charge in [-0.2, -0.15) is 5.26 Å². The predicted molar refractivity (Wildman–Crippen MR) is 163 cm³/mol. The second kappa shape index (κ2) is 10.6. The van der Waals surface area contributed by atoms with Gasteiger partial charge in [-0.25, -0.2) is 4.68 Å². The molecule has 206 valence electrons. The molecule has 1 atom stereocenters. The number of hydrogen-bond acceptors (Lipinski definition) is 7. The normalized spacial score (nSPS) is 18.6. The Kier molecular flexibility index (Phi) is 7.33. The van der Waals surface area contributed by atoms with Gasteiger partial charge >= 0.3 is 0 Å². The lowest BCUT2D eigenvalue weighted by Gasteiger charge is -2.35. The fourth-order valence-corrected chi connectivity index (χ4v) is 6.83. The van der Waals surface area contributed by atoms with Crippen molar-refractivity contribution >= 4 is 51.8 Å². The van der Waals surface area contributed by atoms with E-state index in [4.69, 9.17) is 12.2 Å². The molecular formula is C29H30N6O3S2. The van der Waals surface area contributed by atoms with Gasteiger partial charge in [0.15, 0.2) is 4.32 Å². The van der Waals surface area contributed by atoms with Crippen LogP contribution < -0.4 is 20.9 Å². The van der Waals surface area contributed by atoms with Gasteiger partial charge in [0.2, 0.25) is 0 Å². The van der Waals surface area contributed by atoms with E-state index in [9.17, 15) is 19.6 Å². The topological polar surface area (TPSA) is 96.3 Å². The molecule has 40 heavy (non-hydrogen) atoms. The number of pyridine rings is 1. The van der Waals surface area contributed by atoms with Crippen molar-refractivity contribution in [3.63, 3.8) is 0 Å². The summed E-state index contributed by atoms with van der Waals surface area (Å²) in [7, 11) is 3.43. The number of anilines is 2. The highest BCUT2D eigenvalue weighted by atomic mass is 32.2. The van der Waals surface area contributed by atoms with Crippen LogP contribution >= 0.6 is 24.0 Å². The van der Waals surface area contributed by atoms with Crippen LogP contribution in [-0.4, -0.2) is 37.2 Å². The molecule has 0 radical (unpaired) electrons. The maximum absolute atomic E-state index is 13.9. The molecule has 0 spiro atoms. The first kappa shape index (κ1) is 27.7. The van der Waals surface area contributed by atoms with E-state index in [2.05, 4.69) is 11.8 Å². The van der Waals surface area contributed by atoms with Crippen molar-refractivity contribution in [3.8, 4) is 11.8 Å². The minimum atomic E-state index is -0.411. The Morgan fingerprint density at radius 3 is 2.45 bits per heavy atom. The Morgan fingerprint density at radius 1 is 1.10 bits per heavy atom. The van der Waals surface area contributed by atoms with Crippen molar-refractivity contribution in [2.75, 3.05) is 22.9 Å². The van der Waals surface area contributed by atoms with Crippen LogP contribution in [0.1, 0.15) is 42.1 Å². The molecule has 3 aromatic rings. The Balaban J connectivity index is 1.64. The Morgan fingerprint density at radius 2 is 1.80 bits per heavy atom. The van der Waals surface area contributed by atoms with Crippen molar-refractivity contribution in [2.24, 2.45) is 20.0 Å². The number of hydrogen-bond donors (Lipinski definition) is 0. The molecule has 0 N–H and O–H groups in total. The third kappa shape index (κ3) is 4.41. The molecule has 1 amide bonds. The summed E-state index contributed by atoms with van der Waals surface area (Å²) < 4.78 is 4.98. The molecule has 2 saturated heterocycles. The quantitative estimate of drug-likeness (QED) is 0.343. The average Bonchev–Trinajstić information content (AvgIpc) is 3.32. The fraction of sp³-hybridized carbons (Fsp3) is 0.345. The van der Waals surface area contributed by atoms with Crippen LogP contribution in [0.2, 0.25) is 0 Å². The van der Waals surface area contributed by atoms with E-state index in [-0.39, 0.29) is 26.7 Å². The lowest BCUT2D eigenvalue weighted by atomic mass is 9.98. The summed E-state index contributed by atoms with van der Waals surface area (Å²) in [6.45, 7) is 7.24. The number of benzene rings is 1. The predicted octanol–water partition coefficient (Wildman–Crippen LogP) is 4.01. The lowest BCUT2D eigenvalue weighted by Crippen LogP contribution is -2.39. The zero-order valence-corrected chi connectivity index (χ0v) is 24.7. The van der Waals surface area contributed by atoms with E-state index >= 15 is 0 Å². The summed E-state index contributed by atoms with van der Waals surface area (Å²) in [6.07, 6.45) is 3.80. The van der Waals surface area contributed by atoms with E-state index in [0.717, 1.165) is 37.7 Å². The number of nitriles is 1. The van der Waals surface area contributed by atoms with Gasteiger partial charge in [-0.05, 0) is 56.4 Å². The van der Waals surface area contributed by atoms with E-state index in [1.54, 1.807) is 38.7 Å². The zero-order chi connectivity index (χ0) is 28.9. The number of carbonyl (C=O) groups is 1. The highest BCUT2D eigenvalue weighted by Crippen LogP contribution is 2.39. The second-order valence-electron chi connectivity index (χ2n) is 10.3. The standard InChI is InChI=1S/C29H30N6O3S2/c1-17-10-9-13-33(16-17)25-21(18(2)22(15-30)26(36)31(25)4)14-23-27(37)34(29(39)40-23)24-19(3)32(5)35(28(24)38)20-11-7-6-8-12-20/h6-8,11-12,14,17H,9-10,13,16H2,1-5H3/b23-14-. The number of thiocarbonyl (C=S) groups is 1. The minimum absolute atomic E-state index is 0.0442. The van der Waals surface area contributed by atoms with Gasteiger partial charge in [0, 0.05) is 32.7 Å². The molecule has 5 rings (SSSR count). The van der Waals surface area contributed by atoms with Gasteiger partial charge in [-0.15, -0.1) is 0 Å². The van der Waals surface area contributed by atoms with Gasteiger partial charge in [0.05, 0.1) is 16.3 Å². The van der Waals surface area contributed by atoms with Crippen molar-refractivity contribution in [1.29, 1.82) is 5.26 Å². The summed E-state index contributed by atoms with van der Waals surface area (Å²) >= 11 is 6.75. The van der Waals surface area contributed by atoms with Crippen LogP contribution in [0.25, 0.3) is 11.8 Å². The van der Waals surface area contributed by atoms with Crippen LogP contribution in [0.4, 0.5) is 11.5 Å². The molecule has 2 aliphatic heterocycles. The van der Waals surface area contributed by atoms with Crippen molar-refractivity contribution in [3.05, 3.63) is 78.3 Å². The highest BCUT2D eigenvalue weighted by molar-refractivity contribution is 8.27. The summed E-state index contributed by atoms with van der Waals surface area (Å²) in [4.78, 5) is 44.4. The smallest absolute Gasteiger partial charge is 0.296 e. The third-order valence-corrected chi connectivity index (χ3v) is 9.04. The zero-order valence-electron chi connectivity index (χ0n) is 23.1. The first-order chi connectivity index (χ1) is 19.1. The van der Waals surface area contributed by atoms with Gasteiger partial charge in [0.25, 0.3) is 17.0 Å². The van der Waals surface area contributed by atoms with Gasteiger partial charge in [-0.1, -0.05) is 49.1 Å². The highest BCUT2D eigenvalue weighted by Gasteiger charge is 2.38. The summed E-state index contributed by atoms with van der Waals surface area (Å²) in [5.41, 5.74) is 1.97. The van der Waals surface area contributed by atoms with Gasteiger partial charge in [-0.3, -0.25) is 28.5 Å². The second-order valence-corrected chi connectivity index (χ2v) is 12.0. The first-order valence-corrected chi connectivity index (χ1v) is 14.3. The van der Waals surface area contributed by atoms with Crippen LogP contribution in [0.5, 0.6) is 0 Å². The molecule has 2 aromatic heterocycles. The lowest BCUT2D eigenvalue weighted by molar-refractivity contribution is -0.113. The van der Waals surface area contributed by atoms with Crippen LogP contribution in [0, 0.1) is 31.1 Å². The molecule has 0 aliphatic carbocycles. The number of amides is 1. The summed E-state index contributed by atoms with van der Waals surface area (Å²) in [5, 5.41) is 9.78. The molecule has 11 heteroatoms. The maximum atomic E-state index is 13.9. The van der Waals surface area contributed by atoms with Crippen LogP contribution in [0.3, 0.4) is 0 Å². The van der Waals surface area contributed by atoms with Gasteiger partial charge < -0.3 is 4.90 Å². The molecule has 1 aromatic carbocycles. The fourth-order valence-electron chi connectivity index (χ4n) is 5.58. The Labute approximate surface area is 241 Å². The third-order valence-electron chi connectivity index (χ3n) is 7.74. The molecule has 2 aliphatic rings. The number of para-hydroxylation sites is 1. The number of piperidine rings is 1. The van der Waals surface area contributed by atoms with E-state index < -0.39 is 5.91 Å². The maximum Gasteiger partial charge on any atom is 0.296 e. The molecular weight excluding hydrogens is 544 g/mol. The van der Waals surface area contributed by atoms with Crippen molar-refractivity contribution < 1.29 is 4.79 Å². The average molecular weight is 575 g/mol. The summed E-state index contributed by atoms with van der Waals surface area (Å²) in [5.74, 6) is 0.713. The van der Waals surface area contributed by atoms with Gasteiger partial charge in [0.1, 0.15) is 23.1 Å². The number of rotatable bonds is 4. The van der Waals surface area contributed by atoms with E-state index in [0.29, 0.717) is 39.1 Å². The number of thioether (sulfide) groups is 1. The number of carbonyl (C=O) groups excluding carboxylic acids is 1. The van der Waals surface area contributed by atoms with Crippen LogP contribution in [-0.2, 0) is 18.9 Å². The first-order valence-electron chi connectivity index (χ1n) is 13.1.